The molecular weight excluding hydrogens is 290 g/mol. The van der Waals surface area contributed by atoms with Crippen molar-refractivity contribution in [3.8, 4) is 0 Å². The van der Waals surface area contributed by atoms with Crippen LogP contribution in [-0.4, -0.2) is 35.8 Å². The first-order valence-electron chi connectivity index (χ1n) is 8.29. The van der Waals surface area contributed by atoms with Gasteiger partial charge in [0.05, 0.1) is 0 Å². The van der Waals surface area contributed by atoms with Gasteiger partial charge in [-0.3, -0.25) is 9.59 Å². The van der Waals surface area contributed by atoms with Crippen molar-refractivity contribution < 1.29 is 9.59 Å². The van der Waals surface area contributed by atoms with E-state index in [1.807, 2.05) is 30.9 Å². The van der Waals surface area contributed by atoms with Gasteiger partial charge < -0.3 is 16.0 Å². The topological polar surface area (TPSA) is 75.4 Å². The van der Waals surface area contributed by atoms with Gasteiger partial charge >= 0.3 is 0 Å². The number of piperidine rings is 1. The Kier molecular flexibility index (Phi) is 5.77. The van der Waals surface area contributed by atoms with E-state index in [9.17, 15) is 9.59 Å². The maximum Gasteiger partial charge on any atom is 0.248 e. The zero-order valence-corrected chi connectivity index (χ0v) is 14.2. The van der Waals surface area contributed by atoms with Crippen LogP contribution in [0.5, 0.6) is 0 Å². The number of carbonyl (C=O) groups is 2. The minimum atomic E-state index is -0.402. The van der Waals surface area contributed by atoms with Crippen LogP contribution < -0.4 is 11.1 Å². The summed E-state index contributed by atoms with van der Waals surface area (Å²) in [5.74, 6) is 0.337. The Morgan fingerprint density at radius 3 is 2.48 bits per heavy atom. The SMILES string of the molecule is CC(C)C(=O)N1CCC(NCc2ccc(C(N)=O)cc2)C(C)C1. The molecule has 0 saturated carbocycles. The molecule has 3 N–H and O–H groups in total. The molecule has 2 amide bonds. The van der Waals surface area contributed by atoms with Gasteiger partial charge in [0.2, 0.25) is 11.8 Å². The highest BCUT2D eigenvalue weighted by molar-refractivity contribution is 5.92. The van der Waals surface area contributed by atoms with E-state index >= 15 is 0 Å². The van der Waals surface area contributed by atoms with E-state index in [1.165, 1.54) is 0 Å². The predicted octanol–water partition coefficient (Wildman–Crippen LogP) is 1.77. The molecule has 1 aromatic carbocycles. The molecule has 1 fully saturated rings. The summed E-state index contributed by atoms with van der Waals surface area (Å²) in [6, 6.07) is 7.77. The number of rotatable bonds is 5. The van der Waals surface area contributed by atoms with Crippen LogP contribution >= 0.6 is 0 Å². The minimum absolute atomic E-state index is 0.0653. The minimum Gasteiger partial charge on any atom is -0.366 e. The van der Waals surface area contributed by atoms with E-state index in [2.05, 4.69) is 12.2 Å². The van der Waals surface area contributed by atoms with Crippen molar-refractivity contribution in [2.24, 2.45) is 17.6 Å². The zero-order chi connectivity index (χ0) is 17.0. The monoisotopic (exact) mass is 317 g/mol. The Hall–Kier alpha value is -1.88. The molecule has 1 aromatic rings. The molecule has 1 heterocycles. The molecular formula is C18H27N3O2. The van der Waals surface area contributed by atoms with E-state index in [0.29, 0.717) is 17.5 Å². The van der Waals surface area contributed by atoms with Crippen LogP contribution in [0.2, 0.25) is 0 Å². The molecule has 2 unspecified atom stereocenters. The molecule has 2 atom stereocenters. The number of primary amides is 1. The summed E-state index contributed by atoms with van der Waals surface area (Å²) in [6.45, 7) is 8.48. The lowest BCUT2D eigenvalue weighted by atomic mass is 9.92. The van der Waals surface area contributed by atoms with Crippen molar-refractivity contribution in [2.45, 2.75) is 39.8 Å². The van der Waals surface area contributed by atoms with Gasteiger partial charge in [-0.2, -0.15) is 0 Å². The summed E-state index contributed by atoms with van der Waals surface area (Å²) in [5, 5.41) is 3.57. The fourth-order valence-corrected chi connectivity index (χ4v) is 3.05. The third-order valence-electron chi connectivity index (χ3n) is 4.52. The summed E-state index contributed by atoms with van der Waals surface area (Å²) < 4.78 is 0. The number of carbonyl (C=O) groups excluding carboxylic acids is 2. The normalized spacial score (nSPS) is 21.5. The van der Waals surface area contributed by atoms with Crippen molar-refractivity contribution in [2.75, 3.05) is 13.1 Å². The first kappa shape index (κ1) is 17.5. The number of benzene rings is 1. The van der Waals surface area contributed by atoms with Gasteiger partial charge in [-0.05, 0) is 30.0 Å². The highest BCUT2D eigenvalue weighted by atomic mass is 16.2. The molecule has 0 aliphatic carbocycles. The molecule has 126 valence electrons. The molecule has 0 aromatic heterocycles. The molecule has 1 aliphatic rings. The standard InChI is InChI=1S/C18H27N3O2/c1-12(2)18(23)21-9-8-16(13(3)11-21)20-10-14-4-6-15(7-5-14)17(19)22/h4-7,12-13,16,20H,8-11H2,1-3H3,(H2,19,22). The second kappa shape index (κ2) is 7.59. The molecule has 0 spiro atoms. The summed E-state index contributed by atoms with van der Waals surface area (Å²) in [5.41, 5.74) is 6.90. The van der Waals surface area contributed by atoms with E-state index in [1.54, 1.807) is 12.1 Å². The Morgan fingerprint density at radius 2 is 1.96 bits per heavy atom. The molecule has 0 bridgehead atoms. The Morgan fingerprint density at radius 1 is 1.30 bits per heavy atom. The second-order valence-corrected chi connectivity index (χ2v) is 6.75. The van der Waals surface area contributed by atoms with Gasteiger partial charge in [-0.1, -0.05) is 32.9 Å². The van der Waals surface area contributed by atoms with Crippen LogP contribution in [0.4, 0.5) is 0 Å². The van der Waals surface area contributed by atoms with Gasteiger partial charge in [0, 0.05) is 37.2 Å². The van der Waals surface area contributed by atoms with Crippen molar-refractivity contribution in [3.63, 3.8) is 0 Å². The van der Waals surface area contributed by atoms with Crippen LogP contribution in [-0.2, 0) is 11.3 Å². The van der Waals surface area contributed by atoms with Crippen molar-refractivity contribution in [1.29, 1.82) is 0 Å². The predicted molar refractivity (Wildman–Crippen MR) is 90.8 cm³/mol. The average Bonchev–Trinajstić information content (AvgIpc) is 2.53. The van der Waals surface area contributed by atoms with E-state index in [-0.39, 0.29) is 11.8 Å². The van der Waals surface area contributed by atoms with Crippen molar-refractivity contribution >= 4 is 11.8 Å². The molecule has 1 aliphatic heterocycles. The number of likely N-dealkylation sites (tertiary alicyclic amines) is 1. The largest absolute Gasteiger partial charge is 0.366 e. The second-order valence-electron chi connectivity index (χ2n) is 6.75. The van der Waals surface area contributed by atoms with E-state index in [0.717, 1.165) is 31.6 Å². The third-order valence-corrected chi connectivity index (χ3v) is 4.52. The number of hydrogen-bond acceptors (Lipinski definition) is 3. The van der Waals surface area contributed by atoms with Gasteiger partial charge in [-0.25, -0.2) is 0 Å². The Bertz CT molecular complexity index is 554. The van der Waals surface area contributed by atoms with Crippen LogP contribution in [0, 0.1) is 11.8 Å². The number of amides is 2. The summed E-state index contributed by atoms with van der Waals surface area (Å²) in [4.78, 5) is 25.1. The lowest BCUT2D eigenvalue weighted by Gasteiger charge is -2.38. The summed E-state index contributed by atoms with van der Waals surface area (Å²) in [7, 11) is 0. The summed E-state index contributed by atoms with van der Waals surface area (Å²) >= 11 is 0. The molecule has 0 radical (unpaired) electrons. The number of nitrogens with two attached hydrogens (primary N) is 1. The van der Waals surface area contributed by atoms with Crippen LogP contribution in [0.25, 0.3) is 0 Å². The quantitative estimate of drug-likeness (QED) is 0.869. The molecule has 1 saturated heterocycles. The van der Waals surface area contributed by atoms with Crippen molar-refractivity contribution in [3.05, 3.63) is 35.4 Å². The van der Waals surface area contributed by atoms with Gasteiger partial charge in [0.25, 0.3) is 0 Å². The molecule has 2 rings (SSSR count). The summed E-state index contributed by atoms with van der Waals surface area (Å²) in [6.07, 6.45) is 0.971. The highest BCUT2D eigenvalue weighted by Gasteiger charge is 2.29. The number of nitrogens with zero attached hydrogens (tertiary/aromatic N) is 1. The van der Waals surface area contributed by atoms with Crippen LogP contribution in [0.15, 0.2) is 24.3 Å². The van der Waals surface area contributed by atoms with Crippen molar-refractivity contribution in [1.82, 2.24) is 10.2 Å². The molecule has 5 nitrogen and oxygen atoms in total. The smallest absolute Gasteiger partial charge is 0.248 e. The molecule has 5 heteroatoms. The van der Waals surface area contributed by atoms with Crippen LogP contribution in [0.1, 0.15) is 43.1 Å². The van der Waals surface area contributed by atoms with E-state index in [4.69, 9.17) is 5.73 Å². The number of hydrogen-bond donors (Lipinski definition) is 2. The fraction of sp³-hybridized carbons (Fsp3) is 0.556. The fourth-order valence-electron chi connectivity index (χ4n) is 3.05. The van der Waals surface area contributed by atoms with Gasteiger partial charge in [-0.15, -0.1) is 0 Å². The van der Waals surface area contributed by atoms with Gasteiger partial charge in [0.15, 0.2) is 0 Å². The first-order valence-corrected chi connectivity index (χ1v) is 8.29. The van der Waals surface area contributed by atoms with E-state index < -0.39 is 5.91 Å². The third kappa shape index (κ3) is 4.55. The Balaban J connectivity index is 1.85. The Labute approximate surface area is 138 Å². The van der Waals surface area contributed by atoms with Crippen LogP contribution in [0.3, 0.4) is 0 Å². The van der Waals surface area contributed by atoms with Gasteiger partial charge in [0.1, 0.15) is 0 Å². The lowest BCUT2D eigenvalue weighted by Crippen LogP contribution is -2.50. The highest BCUT2D eigenvalue weighted by Crippen LogP contribution is 2.19. The lowest BCUT2D eigenvalue weighted by molar-refractivity contribution is -0.136. The number of nitrogens with one attached hydrogen (secondary N) is 1. The molecule has 23 heavy (non-hydrogen) atoms. The maximum atomic E-state index is 12.1. The first-order chi connectivity index (χ1) is 10.9. The maximum absolute atomic E-state index is 12.1. The average molecular weight is 317 g/mol. The zero-order valence-electron chi connectivity index (χ0n) is 14.2.